The smallest absolute Gasteiger partial charge is 0.216 e. The summed E-state index contributed by atoms with van der Waals surface area (Å²) in [7, 11) is 0. The molecule has 0 atom stereocenters. The maximum atomic E-state index is 5.84. The number of nitrogens with zero attached hydrogens (tertiary/aromatic N) is 2. The number of aromatic nitrogens is 1. The molecule has 0 saturated heterocycles. The first-order valence-corrected chi connectivity index (χ1v) is 9.91. The number of rotatable bonds is 7. The van der Waals surface area contributed by atoms with Crippen molar-refractivity contribution in [3.05, 3.63) is 53.7 Å². The minimum atomic E-state index is -0.0342. The van der Waals surface area contributed by atoms with Gasteiger partial charge < -0.3 is 15.1 Å². The van der Waals surface area contributed by atoms with E-state index in [9.17, 15) is 0 Å². The lowest BCUT2D eigenvalue weighted by molar-refractivity contribution is 0.383. The van der Waals surface area contributed by atoms with Crippen LogP contribution in [0, 0.1) is 5.41 Å². The standard InChI is InChI=1S/C22H32N4O.HI/c1-5-23-20(25-15-19-24-14-18(27-19)21(2,3)4)26-16-22(11-12-22)13-17-9-7-6-8-10-17;/h6-10,14H,5,11-13,15-16H2,1-4H3,(H2,23,25,26);1H. The molecule has 1 aromatic carbocycles. The molecule has 0 aliphatic heterocycles. The molecule has 1 aliphatic carbocycles. The topological polar surface area (TPSA) is 62.5 Å². The Bertz CT molecular complexity index is 760. The fourth-order valence-corrected chi connectivity index (χ4v) is 3.11. The van der Waals surface area contributed by atoms with E-state index in [0.29, 0.717) is 17.9 Å². The monoisotopic (exact) mass is 496 g/mol. The Kier molecular flexibility index (Phi) is 7.92. The third-order valence-electron chi connectivity index (χ3n) is 5.02. The largest absolute Gasteiger partial charge is 0.443 e. The van der Waals surface area contributed by atoms with Crippen LogP contribution in [0.15, 0.2) is 45.9 Å². The van der Waals surface area contributed by atoms with Gasteiger partial charge in [-0.1, -0.05) is 51.1 Å². The third-order valence-corrected chi connectivity index (χ3v) is 5.02. The molecule has 0 spiro atoms. The highest BCUT2D eigenvalue weighted by Crippen LogP contribution is 2.47. The van der Waals surface area contributed by atoms with Gasteiger partial charge in [0.05, 0.1) is 6.20 Å². The van der Waals surface area contributed by atoms with Crippen LogP contribution in [0.3, 0.4) is 0 Å². The van der Waals surface area contributed by atoms with E-state index in [1.807, 2.05) is 6.20 Å². The first-order valence-electron chi connectivity index (χ1n) is 9.91. The van der Waals surface area contributed by atoms with E-state index in [1.165, 1.54) is 18.4 Å². The lowest BCUT2D eigenvalue weighted by atomic mass is 9.94. The van der Waals surface area contributed by atoms with Crippen molar-refractivity contribution >= 4 is 29.9 Å². The van der Waals surface area contributed by atoms with Gasteiger partial charge in [-0.3, -0.25) is 0 Å². The number of halogens is 1. The summed E-state index contributed by atoms with van der Waals surface area (Å²) in [6, 6.07) is 10.7. The third kappa shape index (κ3) is 6.50. The molecule has 0 radical (unpaired) electrons. The van der Waals surface area contributed by atoms with E-state index >= 15 is 0 Å². The molecule has 1 saturated carbocycles. The minimum absolute atomic E-state index is 0. The molecule has 6 heteroatoms. The van der Waals surface area contributed by atoms with Crippen LogP contribution in [0.1, 0.15) is 57.8 Å². The molecule has 1 aromatic heterocycles. The van der Waals surface area contributed by atoms with Crippen molar-refractivity contribution in [2.45, 2.75) is 58.9 Å². The van der Waals surface area contributed by atoms with Gasteiger partial charge in [0.2, 0.25) is 5.89 Å². The molecule has 154 valence electrons. The van der Waals surface area contributed by atoms with Crippen LogP contribution in [0.4, 0.5) is 0 Å². The van der Waals surface area contributed by atoms with Crippen molar-refractivity contribution in [3.63, 3.8) is 0 Å². The summed E-state index contributed by atoms with van der Waals surface area (Å²) < 4.78 is 5.84. The Hall–Kier alpha value is -1.57. The molecule has 0 amide bonds. The fourth-order valence-electron chi connectivity index (χ4n) is 3.11. The maximum Gasteiger partial charge on any atom is 0.216 e. The van der Waals surface area contributed by atoms with E-state index in [2.05, 4.69) is 78.6 Å². The molecule has 0 bridgehead atoms. The first-order chi connectivity index (χ1) is 12.9. The van der Waals surface area contributed by atoms with Crippen LogP contribution >= 0.6 is 24.0 Å². The van der Waals surface area contributed by atoms with Crippen LogP contribution in [-0.2, 0) is 18.4 Å². The maximum absolute atomic E-state index is 5.84. The second-order valence-electron chi connectivity index (χ2n) is 8.58. The van der Waals surface area contributed by atoms with E-state index in [-0.39, 0.29) is 29.4 Å². The Morgan fingerprint density at radius 1 is 1.18 bits per heavy atom. The summed E-state index contributed by atoms with van der Waals surface area (Å²) in [6.45, 7) is 10.6. The van der Waals surface area contributed by atoms with Crippen LogP contribution in [0.25, 0.3) is 0 Å². The number of benzene rings is 1. The summed E-state index contributed by atoms with van der Waals surface area (Å²) in [6.07, 6.45) is 5.46. The summed E-state index contributed by atoms with van der Waals surface area (Å²) >= 11 is 0. The van der Waals surface area contributed by atoms with Gasteiger partial charge in [-0.15, -0.1) is 24.0 Å². The van der Waals surface area contributed by atoms with Gasteiger partial charge >= 0.3 is 0 Å². The minimum Gasteiger partial charge on any atom is -0.443 e. The van der Waals surface area contributed by atoms with E-state index in [4.69, 9.17) is 4.42 Å². The average Bonchev–Trinajstić information content (AvgIpc) is 3.21. The predicted octanol–water partition coefficient (Wildman–Crippen LogP) is 4.67. The SMILES string of the molecule is CCNC(=NCc1ncc(C(C)(C)C)o1)NCC1(Cc2ccccc2)CC1.I. The first kappa shape index (κ1) is 22.7. The second-order valence-corrected chi connectivity index (χ2v) is 8.58. The Morgan fingerprint density at radius 2 is 1.89 bits per heavy atom. The Morgan fingerprint density at radius 3 is 2.46 bits per heavy atom. The number of hydrogen-bond acceptors (Lipinski definition) is 3. The summed E-state index contributed by atoms with van der Waals surface area (Å²) in [4.78, 5) is 9.02. The van der Waals surface area contributed by atoms with Crippen molar-refractivity contribution in [1.82, 2.24) is 15.6 Å². The molecule has 1 heterocycles. The Balaban J connectivity index is 0.00000280. The molecule has 28 heavy (non-hydrogen) atoms. The highest BCUT2D eigenvalue weighted by molar-refractivity contribution is 14.0. The number of nitrogens with one attached hydrogen (secondary N) is 2. The van der Waals surface area contributed by atoms with E-state index in [1.54, 1.807) is 0 Å². The van der Waals surface area contributed by atoms with E-state index < -0.39 is 0 Å². The van der Waals surface area contributed by atoms with Crippen molar-refractivity contribution in [2.24, 2.45) is 10.4 Å². The van der Waals surface area contributed by atoms with Crippen molar-refractivity contribution in [1.29, 1.82) is 0 Å². The number of oxazole rings is 1. The van der Waals surface area contributed by atoms with Gasteiger partial charge in [0.1, 0.15) is 12.3 Å². The van der Waals surface area contributed by atoms with Crippen molar-refractivity contribution < 1.29 is 4.42 Å². The number of guanidine groups is 1. The van der Waals surface area contributed by atoms with Gasteiger partial charge in [-0.05, 0) is 37.2 Å². The predicted molar refractivity (Wildman–Crippen MR) is 125 cm³/mol. The number of aliphatic imine (C=N–C) groups is 1. The average molecular weight is 496 g/mol. The quantitative estimate of drug-likeness (QED) is 0.332. The van der Waals surface area contributed by atoms with Crippen LogP contribution in [0.5, 0.6) is 0 Å². The number of hydrogen-bond donors (Lipinski definition) is 2. The molecule has 1 aliphatic rings. The van der Waals surface area contributed by atoms with Gasteiger partial charge in [0, 0.05) is 18.5 Å². The summed E-state index contributed by atoms with van der Waals surface area (Å²) in [5.41, 5.74) is 1.74. The molecule has 1 fully saturated rings. The molecule has 0 unspecified atom stereocenters. The van der Waals surface area contributed by atoms with Gasteiger partial charge in [-0.25, -0.2) is 9.98 Å². The summed E-state index contributed by atoms with van der Waals surface area (Å²) in [5, 5.41) is 6.84. The highest BCUT2D eigenvalue weighted by Gasteiger charge is 2.42. The van der Waals surface area contributed by atoms with Crippen molar-refractivity contribution in [3.8, 4) is 0 Å². The lowest BCUT2D eigenvalue weighted by Gasteiger charge is -2.18. The normalized spacial score (nSPS) is 15.6. The Labute approximate surface area is 185 Å². The van der Waals surface area contributed by atoms with Gasteiger partial charge in [0.15, 0.2) is 5.96 Å². The zero-order chi connectivity index (χ0) is 19.3. The molecule has 2 aromatic rings. The molecular formula is C22H33IN4O. The molecular weight excluding hydrogens is 463 g/mol. The molecule has 5 nitrogen and oxygen atoms in total. The zero-order valence-electron chi connectivity index (χ0n) is 17.4. The zero-order valence-corrected chi connectivity index (χ0v) is 19.7. The van der Waals surface area contributed by atoms with Crippen LogP contribution in [-0.4, -0.2) is 24.0 Å². The lowest BCUT2D eigenvalue weighted by Crippen LogP contribution is -2.40. The van der Waals surface area contributed by atoms with Crippen LogP contribution < -0.4 is 10.6 Å². The van der Waals surface area contributed by atoms with E-state index in [0.717, 1.165) is 31.2 Å². The second kappa shape index (κ2) is 9.76. The highest BCUT2D eigenvalue weighted by atomic mass is 127. The van der Waals surface area contributed by atoms with Crippen molar-refractivity contribution in [2.75, 3.05) is 13.1 Å². The molecule has 2 N–H and O–H groups in total. The summed E-state index contributed by atoms with van der Waals surface area (Å²) in [5.74, 6) is 2.38. The van der Waals surface area contributed by atoms with Gasteiger partial charge in [0.25, 0.3) is 0 Å². The van der Waals surface area contributed by atoms with Crippen LogP contribution in [0.2, 0.25) is 0 Å². The fraction of sp³-hybridized carbons (Fsp3) is 0.545. The van der Waals surface area contributed by atoms with Gasteiger partial charge in [-0.2, -0.15) is 0 Å². The molecule has 3 rings (SSSR count).